The maximum atomic E-state index is 12.1. The Morgan fingerprint density at radius 1 is 1.25 bits per heavy atom. The van der Waals surface area contributed by atoms with Gasteiger partial charge in [0.05, 0.1) is 6.10 Å². The lowest BCUT2D eigenvalue weighted by Crippen LogP contribution is -2.24. The van der Waals surface area contributed by atoms with Crippen LogP contribution in [-0.2, 0) is 11.3 Å². The number of ether oxygens (including phenoxy) is 1. The molecule has 0 aromatic carbocycles. The number of unbranched alkanes of at least 4 members (excludes halogenated alkanes) is 3. The first-order valence-electron chi connectivity index (χ1n) is 9.00. The zero-order chi connectivity index (χ0) is 17.9. The summed E-state index contributed by atoms with van der Waals surface area (Å²) in [4.78, 5) is 12.1. The molecule has 0 amide bonds. The van der Waals surface area contributed by atoms with E-state index in [9.17, 15) is 9.90 Å². The number of rotatable bonds is 11. The van der Waals surface area contributed by atoms with Gasteiger partial charge in [-0.05, 0) is 31.7 Å². The van der Waals surface area contributed by atoms with Gasteiger partial charge in [0.2, 0.25) is 5.88 Å². The van der Waals surface area contributed by atoms with Crippen LogP contribution in [0, 0.1) is 18.3 Å². The van der Waals surface area contributed by atoms with Crippen LogP contribution in [0.15, 0.2) is 10.9 Å². The molecule has 5 nitrogen and oxygen atoms in total. The molecule has 0 radical (unpaired) electrons. The van der Waals surface area contributed by atoms with Gasteiger partial charge in [0.1, 0.15) is 11.6 Å². The van der Waals surface area contributed by atoms with Crippen LogP contribution in [0.2, 0.25) is 0 Å². The van der Waals surface area contributed by atoms with Crippen molar-refractivity contribution in [3.8, 4) is 11.9 Å². The lowest BCUT2D eigenvalue weighted by molar-refractivity contribution is 0.0354. The van der Waals surface area contributed by atoms with E-state index in [1.54, 1.807) is 6.92 Å². The third kappa shape index (κ3) is 6.01. The monoisotopic (exact) mass is 334 g/mol. The van der Waals surface area contributed by atoms with Gasteiger partial charge < -0.3 is 9.84 Å². The zero-order valence-corrected chi connectivity index (χ0v) is 15.2. The largest absolute Gasteiger partial charge is 0.493 e. The Kier molecular flexibility index (Phi) is 9.18. The average molecular weight is 334 g/mol. The second kappa shape index (κ2) is 10.9. The molecule has 1 rings (SSSR count). The molecule has 1 aromatic heterocycles. The minimum Gasteiger partial charge on any atom is -0.493 e. The van der Waals surface area contributed by atoms with Crippen molar-refractivity contribution in [3.63, 3.8) is 0 Å². The maximum absolute atomic E-state index is 12.1. The summed E-state index contributed by atoms with van der Waals surface area (Å²) in [7, 11) is 0. The van der Waals surface area contributed by atoms with Crippen molar-refractivity contribution in [1.29, 1.82) is 5.26 Å². The first-order chi connectivity index (χ1) is 11.5. The molecule has 1 atom stereocenters. The van der Waals surface area contributed by atoms with E-state index < -0.39 is 0 Å². The Labute approximate surface area is 144 Å². The van der Waals surface area contributed by atoms with Crippen molar-refractivity contribution in [3.05, 3.63) is 27.5 Å². The molecule has 0 aliphatic heterocycles. The third-order valence-electron chi connectivity index (χ3n) is 4.23. The van der Waals surface area contributed by atoms with Gasteiger partial charge in [0.15, 0.2) is 0 Å². The molecule has 0 aliphatic carbocycles. The molecule has 1 heterocycles. The van der Waals surface area contributed by atoms with E-state index in [1.165, 1.54) is 29.9 Å². The molecule has 24 heavy (non-hydrogen) atoms. The van der Waals surface area contributed by atoms with Gasteiger partial charge in [0, 0.05) is 19.2 Å². The molecule has 0 saturated heterocycles. The van der Waals surface area contributed by atoms with Crippen LogP contribution in [0.3, 0.4) is 0 Å². The van der Waals surface area contributed by atoms with Crippen molar-refractivity contribution in [2.45, 2.75) is 78.4 Å². The Balaban J connectivity index is 2.67. The van der Waals surface area contributed by atoms with Crippen molar-refractivity contribution >= 4 is 0 Å². The standard InChI is InChI=1S/C19H30N2O3/c1-4-6-7-8-12-24-16(9-5-2)10-11-21-18(22)13-15(3)17(14-20)19(21)23/h13,16,23H,4-12H2,1-3H3. The Hall–Kier alpha value is -1.80. The molecule has 1 aromatic rings. The summed E-state index contributed by atoms with van der Waals surface area (Å²) in [5.74, 6) is -0.235. The number of nitrogens with zero attached hydrogens (tertiary/aromatic N) is 2. The van der Waals surface area contributed by atoms with Crippen LogP contribution in [0.4, 0.5) is 0 Å². The van der Waals surface area contributed by atoms with E-state index in [2.05, 4.69) is 13.8 Å². The molecule has 5 heteroatoms. The summed E-state index contributed by atoms with van der Waals surface area (Å²) in [5, 5.41) is 19.3. The van der Waals surface area contributed by atoms with Crippen LogP contribution in [0.5, 0.6) is 5.88 Å². The van der Waals surface area contributed by atoms with Crippen molar-refractivity contribution in [2.75, 3.05) is 6.61 Å². The van der Waals surface area contributed by atoms with Gasteiger partial charge in [0.25, 0.3) is 5.56 Å². The quantitative estimate of drug-likeness (QED) is 0.623. The predicted molar refractivity (Wildman–Crippen MR) is 95.2 cm³/mol. The SMILES string of the molecule is CCCCCCOC(CCC)CCn1c(O)c(C#N)c(C)cc1=O. The topological polar surface area (TPSA) is 75.2 Å². The van der Waals surface area contributed by atoms with E-state index in [1.807, 2.05) is 6.07 Å². The van der Waals surface area contributed by atoms with Crippen LogP contribution >= 0.6 is 0 Å². The van der Waals surface area contributed by atoms with E-state index in [0.717, 1.165) is 25.9 Å². The summed E-state index contributed by atoms with van der Waals surface area (Å²) in [6, 6.07) is 3.36. The van der Waals surface area contributed by atoms with Crippen LogP contribution < -0.4 is 5.56 Å². The maximum Gasteiger partial charge on any atom is 0.253 e. The lowest BCUT2D eigenvalue weighted by Gasteiger charge is -2.19. The molecule has 0 spiro atoms. The summed E-state index contributed by atoms with van der Waals surface area (Å²) >= 11 is 0. The molecule has 1 N–H and O–H groups in total. The second-order valence-electron chi connectivity index (χ2n) is 6.26. The van der Waals surface area contributed by atoms with E-state index in [0.29, 0.717) is 18.5 Å². The van der Waals surface area contributed by atoms with Gasteiger partial charge in [-0.15, -0.1) is 0 Å². The van der Waals surface area contributed by atoms with Gasteiger partial charge in [-0.25, -0.2) is 0 Å². The Bertz CT molecular complexity index is 602. The van der Waals surface area contributed by atoms with Crippen LogP contribution in [-0.4, -0.2) is 22.4 Å². The number of aromatic hydroxyl groups is 1. The van der Waals surface area contributed by atoms with Gasteiger partial charge in [-0.3, -0.25) is 9.36 Å². The third-order valence-corrected chi connectivity index (χ3v) is 4.23. The van der Waals surface area contributed by atoms with Gasteiger partial charge >= 0.3 is 0 Å². The van der Waals surface area contributed by atoms with Crippen molar-refractivity contribution in [1.82, 2.24) is 4.57 Å². The molecule has 0 saturated carbocycles. The minimum absolute atomic E-state index is 0.0785. The number of hydrogen-bond donors (Lipinski definition) is 1. The van der Waals surface area contributed by atoms with Crippen molar-refractivity contribution < 1.29 is 9.84 Å². The number of aromatic nitrogens is 1. The minimum atomic E-state index is -0.276. The molecule has 0 aliphatic rings. The fourth-order valence-corrected chi connectivity index (χ4v) is 2.79. The first kappa shape index (κ1) is 20.2. The van der Waals surface area contributed by atoms with Crippen LogP contribution in [0.1, 0.15) is 69.9 Å². The van der Waals surface area contributed by atoms with Crippen molar-refractivity contribution in [2.24, 2.45) is 0 Å². The number of nitriles is 1. The predicted octanol–water partition coefficient (Wildman–Crippen LogP) is 3.89. The lowest BCUT2D eigenvalue weighted by atomic mass is 10.1. The molecule has 0 bridgehead atoms. The molecule has 134 valence electrons. The molecule has 1 unspecified atom stereocenters. The summed E-state index contributed by atoms with van der Waals surface area (Å²) < 4.78 is 7.22. The average Bonchev–Trinajstić information content (AvgIpc) is 2.54. The highest BCUT2D eigenvalue weighted by Crippen LogP contribution is 2.19. The Morgan fingerprint density at radius 2 is 2.00 bits per heavy atom. The number of hydrogen-bond acceptors (Lipinski definition) is 4. The normalized spacial score (nSPS) is 12.1. The summed E-state index contributed by atoms with van der Waals surface area (Å²) in [5.41, 5.74) is 0.401. The Morgan fingerprint density at radius 3 is 2.62 bits per heavy atom. The smallest absolute Gasteiger partial charge is 0.253 e. The van der Waals surface area contributed by atoms with E-state index >= 15 is 0 Å². The highest BCUT2D eigenvalue weighted by Gasteiger charge is 2.15. The highest BCUT2D eigenvalue weighted by atomic mass is 16.5. The number of aryl methyl sites for hydroxylation is 1. The zero-order valence-electron chi connectivity index (χ0n) is 15.2. The van der Waals surface area contributed by atoms with E-state index in [4.69, 9.17) is 10.00 Å². The number of pyridine rings is 1. The molecular weight excluding hydrogens is 304 g/mol. The summed E-state index contributed by atoms with van der Waals surface area (Å²) in [6.45, 7) is 7.05. The van der Waals surface area contributed by atoms with Gasteiger partial charge in [-0.2, -0.15) is 5.26 Å². The fourth-order valence-electron chi connectivity index (χ4n) is 2.79. The van der Waals surface area contributed by atoms with Crippen LogP contribution in [0.25, 0.3) is 0 Å². The second-order valence-corrected chi connectivity index (χ2v) is 6.26. The summed E-state index contributed by atoms with van der Waals surface area (Å²) in [6.07, 6.45) is 7.35. The highest BCUT2D eigenvalue weighted by molar-refractivity contribution is 5.43. The fraction of sp³-hybridized carbons (Fsp3) is 0.684. The molecular formula is C19H30N2O3. The van der Waals surface area contributed by atoms with Gasteiger partial charge in [-0.1, -0.05) is 39.5 Å². The first-order valence-corrected chi connectivity index (χ1v) is 9.00. The van der Waals surface area contributed by atoms with E-state index in [-0.39, 0.29) is 23.1 Å². The molecule has 0 fully saturated rings.